The summed E-state index contributed by atoms with van der Waals surface area (Å²) in [5.74, 6) is 1.04. The number of ether oxygens (including phenoxy) is 1. The quantitative estimate of drug-likeness (QED) is 0.335. The molecule has 0 amide bonds. The van der Waals surface area contributed by atoms with Crippen LogP contribution in [0, 0.1) is 5.82 Å². The van der Waals surface area contributed by atoms with E-state index in [0.717, 1.165) is 29.6 Å². The summed E-state index contributed by atoms with van der Waals surface area (Å²) < 4.78 is 19.9. The van der Waals surface area contributed by atoms with Crippen LogP contribution in [0.2, 0.25) is 0 Å². The van der Waals surface area contributed by atoms with Crippen LogP contribution >= 0.6 is 35.7 Å². The Hall–Kier alpha value is -1.55. The number of benzene rings is 1. The fourth-order valence-electron chi connectivity index (χ4n) is 3.13. The highest BCUT2D eigenvalue weighted by atomic mass is 127. The number of halogens is 2. The summed E-state index contributed by atoms with van der Waals surface area (Å²) in [6.07, 6.45) is 8.90. The van der Waals surface area contributed by atoms with E-state index < -0.39 is 5.82 Å². The molecule has 3 rings (SSSR count). The number of pyridine rings is 1. The number of nitrogens with zero attached hydrogens (tertiary/aromatic N) is 2. The number of hydrogen-bond acceptors (Lipinski definition) is 4. The average Bonchev–Trinajstić information content (AvgIpc) is 3.15. The van der Waals surface area contributed by atoms with E-state index in [9.17, 15) is 4.39 Å². The van der Waals surface area contributed by atoms with E-state index >= 15 is 0 Å². The molecular weight excluding hydrogens is 490 g/mol. The predicted octanol–water partition coefficient (Wildman–Crippen LogP) is 4.58. The zero-order valence-corrected chi connectivity index (χ0v) is 19.2. The molecule has 0 aliphatic heterocycles. The molecule has 1 saturated carbocycles. The van der Waals surface area contributed by atoms with Gasteiger partial charge in [0, 0.05) is 31.1 Å². The second-order valence-electron chi connectivity index (χ2n) is 6.49. The standard InChI is InChI=1S/C20H25FN4OS.HI/c1-22-20(25-15-6-7-17(11-15)27-2)24-12-14-5-8-19(18(21)10-14)26-16-4-3-9-23-13-16;/h3-5,8-10,13,15,17H,6-7,11-12H2,1-2H3,(H2,22,24,25);1H. The molecule has 2 atom stereocenters. The largest absolute Gasteiger partial charge is 0.453 e. The van der Waals surface area contributed by atoms with Gasteiger partial charge in [-0.2, -0.15) is 11.8 Å². The highest BCUT2D eigenvalue weighted by Crippen LogP contribution is 2.28. The summed E-state index contributed by atoms with van der Waals surface area (Å²) in [5, 5.41) is 7.44. The van der Waals surface area contributed by atoms with Crippen molar-refractivity contribution in [3.05, 3.63) is 54.1 Å². The first-order valence-corrected chi connectivity index (χ1v) is 10.3. The summed E-state index contributed by atoms with van der Waals surface area (Å²) in [5.41, 5.74) is 0.822. The Morgan fingerprint density at radius 2 is 2.21 bits per heavy atom. The summed E-state index contributed by atoms with van der Waals surface area (Å²) >= 11 is 1.93. The highest BCUT2D eigenvalue weighted by molar-refractivity contribution is 14.0. The van der Waals surface area contributed by atoms with Crippen molar-refractivity contribution in [1.82, 2.24) is 15.6 Å². The Labute approximate surface area is 187 Å². The van der Waals surface area contributed by atoms with Gasteiger partial charge in [0.2, 0.25) is 0 Å². The zero-order chi connectivity index (χ0) is 19.1. The lowest BCUT2D eigenvalue weighted by molar-refractivity contribution is 0.440. The van der Waals surface area contributed by atoms with Crippen molar-refractivity contribution in [2.75, 3.05) is 13.3 Å². The Kier molecular flexibility index (Phi) is 9.30. The Balaban J connectivity index is 0.00000280. The van der Waals surface area contributed by atoms with E-state index in [1.165, 1.54) is 12.5 Å². The molecule has 2 N–H and O–H groups in total. The third-order valence-electron chi connectivity index (χ3n) is 4.60. The molecule has 1 aliphatic rings. The third-order valence-corrected chi connectivity index (χ3v) is 5.70. The molecule has 8 heteroatoms. The molecule has 1 aromatic carbocycles. The lowest BCUT2D eigenvalue weighted by atomic mass is 10.2. The van der Waals surface area contributed by atoms with E-state index in [1.54, 1.807) is 37.6 Å². The van der Waals surface area contributed by atoms with Crippen LogP contribution in [-0.2, 0) is 6.54 Å². The van der Waals surface area contributed by atoms with Gasteiger partial charge in [-0.1, -0.05) is 6.07 Å². The van der Waals surface area contributed by atoms with Gasteiger partial charge in [0.05, 0.1) is 6.20 Å². The van der Waals surface area contributed by atoms with Gasteiger partial charge >= 0.3 is 0 Å². The zero-order valence-electron chi connectivity index (χ0n) is 16.0. The number of aliphatic imine (C=N–C) groups is 1. The van der Waals surface area contributed by atoms with Gasteiger partial charge in [-0.3, -0.25) is 9.98 Å². The van der Waals surface area contributed by atoms with Crippen LogP contribution in [0.15, 0.2) is 47.7 Å². The maximum Gasteiger partial charge on any atom is 0.191 e. The third kappa shape index (κ3) is 6.51. The first-order chi connectivity index (χ1) is 13.2. The molecule has 1 fully saturated rings. The minimum atomic E-state index is -0.403. The number of guanidine groups is 1. The molecule has 0 bridgehead atoms. The average molecular weight is 516 g/mol. The van der Waals surface area contributed by atoms with Gasteiger partial charge in [-0.25, -0.2) is 4.39 Å². The number of hydrogen-bond donors (Lipinski definition) is 2. The normalized spacial score (nSPS) is 19.0. The monoisotopic (exact) mass is 516 g/mol. The second kappa shape index (κ2) is 11.5. The molecule has 1 heterocycles. The van der Waals surface area contributed by atoms with Crippen molar-refractivity contribution < 1.29 is 9.13 Å². The molecule has 0 saturated heterocycles. The first-order valence-electron chi connectivity index (χ1n) is 9.04. The van der Waals surface area contributed by atoms with Gasteiger partial charge in [-0.05, 0) is 55.3 Å². The summed E-state index contributed by atoms with van der Waals surface area (Å²) in [7, 11) is 1.75. The second-order valence-corrected chi connectivity index (χ2v) is 7.63. The molecule has 1 aromatic heterocycles. The van der Waals surface area contributed by atoms with Gasteiger partial charge in [-0.15, -0.1) is 24.0 Å². The molecule has 28 heavy (non-hydrogen) atoms. The van der Waals surface area contributed by atoms with Crippen LogP contribution in [-0.4, -0.2) is 35.5 Å². The fraction of sp³-hybridized carbons (Fsp3) is 0.400. The number of thioether (sulfide) groups is 1. The number of rotatable bonds is 6. The summed E-state index contributed by atoms with van der Waals surface area (Å²) in [6, 6.07) is 8.88. The van der Waals surface area contributed by atoms with E-state index in [-0.39, 0.29) is 29.7 Å². The van der Waals surface area contributed by atoms with Crippen LogP contribution in [0.4, 0.5) is 4.39 Å². The van der Waals surface area contributed by atoms with Crippen molar-refractivity contribution in [2.45, 2.75) is 37.1 Å². The summed E-state index contributed by atoms with van der Waals surface area (Å²) in [4.78, 5) is 8.23. The molecule has 2 aromatic rings. The predicted molar refractivity (Wildman–Crippen MR) is 124 cm³/mol. The van der Waals surface area contributed by atoms with Crippen LogP contribution < -0.4 is 15.4 Å². The van der Waals surface area contributed by atoms with Crippen molar-refractivity contribution in [1.29, 1.82) is 0 Å². The molecular formula is C20H26FIN4OS. The molecule has 152 valence electrons. The SMILES string of the molecule is CN=C(NCc1ccc(Oc2cccnc2)c(F)c1)NC1CCC(SC)C1.I. The van der Waals surface area contributed by atoms with Crippen molar-refractivity contribution in [2.24, 2.45) is 4.99 Å². The van der Waals surface area contributed by atoms with Crippen LogP contribution in [0.1, 0.15) is 24.8 Å². The van der Waals surface area contributed by atoms with Crippen LogP contribution in [0.3, 0.4) is 0 Å². The van der Waals surface area contributed by atoms with Gasteiger partial charge < -0.3 is 15.4 Å². The molecule has 5 nitrogen and oxygen atoms in total. The number of aromatic nitrogens is 1. The van der Waals surface area contributed by atoms with E-state index in [4.69, 9.17) is 4.74 Å². The van der Waals surface area contributed by atoms with Gasteiger partial charge in [0.15, 0.2) is 17.5 Å². The first kappa shape index (κ1) is 22.7. The van der Waals surface area contributed by atoms with Crippen LogP contribution in [0.25, 0.3) is 0 Å². The molecule has 1 aliphatic carbocycles. The number of nitrogens with one attached hydrogen (secondary N) is 2. The maximum atomic E-state index is 14.3. The van der Waals surface area contributed by atoms with Crippen LogP contribution in [0.5, 0.6) is 11.5 Å². The maximum absolute atomic E-state index is 14.3. The highest BCUT2D eigenvalue weighted by Gasteiger charge is 2.24. The Morgan fingerprint density at radius 3 is 2.86 bits per heavy atom. The van der Waals surface area contributed by atoms with Crippen molar-refractivity contribution in [3.8, 4) is 11.5 Å². The minimum Gasteiger partial charge on any atom is -0.453 e. The van der Waals surface area contributed by atoms with E-state index in [2.05, 4.69) is 26.9 Å². The lowest BCUT2D eigenvalue weighted by Crippen LogP contribution is -2.42. The molecule has 0 radical (unpaired) electrons. The van der Waals surface area contributed by atoms with Crippen molar-refractivity contribution >= 4 is 41.7 Å². The minimum absolute atomic E-state index is 0. The fourth-order valence-corrected chi connectivity index (χ4v) is 3.93. The Bertz CT molecular complexity index is 778. The van der Waals surface area contributed by atoms with Gasteiger partial charge in [0.25, 0.3) is 0 Å². The van der Waals surface area contributed by atoms with Gasteiger partial charge in [0.1, 0.15) is 5.75 Å². The molecule has 2 unspecified atom stereocenters. The van der Waals surface area contributed by atoms with Crippen molar-refractivity contribution in [3.63, 3.8) is 0 Å². The smallest absolute Gasteiger partial charge is 0.191 e. The lowest BCUT2D eigenvalue weighted by Gasteiger charge is -2.17. The molecule has 0 spiro atoms. The van der Waals surface area contributed by atoms with E-state index in [0.29, 0.717) is 18.3 Å². The summed E-state index contributed by atoms with van der Waals surface area (Å²) in [6.45, 7) is 0.489. The Morgan fingerprint density at radius 1 is 1.36 bits per heavy atom. The topological polar surface area (TPSA) is 58.5 Å². The van der Waals surface area contributed by atoms with E-state index in [1.807, 2.05) is 17.8 Å².